The van der Waals surface area contributed by atoms with Gasteiger partial charge in [0.25, 0.3) is 0 Å². The van der Waals surface area contributed by atoms with Gasteiger partial charge in [-0.1, -0.05) is 0 Å². The molecule has 1 atom stereocenters. The Morgan fingerprint density at radius 3 is 2.82 bits per heavy atom. The average Bonchev–Trinajstić information content (AvgIpc) is 2.84. The van der Waals surface area contributed by atoms with E-state index in [1.54, 1.807) is 0 Å². The Morgan fingerprint density at radius 1 is 1.53 bits per heavy atom. The van der Waals surface area contributed by atoms with E-state index in [1.165, 1.54) is 12.4 Å². The van der Waals surface area contributed by atoms with Crippen LogP contribution in [-0.2, 0) is 14.8 Å². The van der Waals surface area contributed by atoms with Crippen molar-refractivity contribution in [3.8, 4) is 0 Å². The van der Waals surface area contributed by atoms with Crippen LogP contribution in [0, 0.1) is 5.92 Å². The van der Waals surface area contributed by atoms with Gasteiger partial charge >= 0.3 is 0 Å². The predicted molar refractivity (Wildman–Crippen MR) is 61.9 cm³/mol. The second-order valence-corrected chi connectivity index (χ2v) is 6.01. The molecule has 2 heterocycles. The summed E-state index contributed by atoms with van der Waals surface area (Å²) < 4.78 is 31.8. The molecule has 1 saturated heterocycles. The van der Waals surface area contributed by atoms with Gasteiger partial charge in [-0.05, 0) is 25.7 Å². The van der Waals surface area contributed by atoms with Crippen LogP contribution >= 0.6 is 0 Å². The average molecular weight is 259 g/mol. The van der Waals surface area contributed by atoms with E-state index in [-0.39, 0.29) is 10.9 Å². The van der Waals surface area contributed by atoms with Crippen LogP contribution in [0.4, 0.5) is 0 Å². The zero-order valence-corrected chi connectivity index (χ0v) is 10.5. The maximum Gasteiger partial charge on any atom is 0.243 e. The molecule has 0 saturated carbocycles. The fourth-order valence-corrected chi connectivity index (χ4v) is 3.23. The Bertz CT molecular complexity index is 437. The van der Waals surface area contributed by atoms with E-state index < -0.39 is 10.0 Å². The number of rotatable bonds is 4. The van der Waals surface area contributed by atoms with Gasteiger partial charge in [-0.25, -0.2) is 13.1 Å². The first-order valence-corrected chi connectivity index (χ1v) is 7.17. The van der Waals surface area contributed by atoms with Crippen molar-refractivity contribution in [1.82, 2.24) is 14.9 Å². The van der Waals surface area contributed by atoms with Crippen LogP contribution in [0.3, 0.4) is 0 Å². The summed E-state index contributed by atoms with van der Waals surface area (Å²) >= 11 is 0. The molecule has 1 aromatic rings. The predicted octanol–water partition coefficient (Wildman–Crippen LogP) is 0.503. The second kappa shape index (κ2) is 5.16. The summed E-state index contributed by atoms with van der Waals surface area (Å²) in [5.41, 5.74) is 0. The molecule has 1 aliphatic rings. The normalized spacial score (nSPS) is 20.3. The first kappa shape index (κ1) is 12.5. The summed E-state index contributed by atoms with van der Waals surface area (Å²) in [5, 5.41) is 6.14. The molecule has 17 heavy (non-hydrogen) atoms. The van der Waals surface area contributed by atoms with Crippen LogP contribution < -0.4 is 4.72 Å². The standard InChI is InChI=1S/C10H17N3O3S/c1-8(9-2-4-16-5-3-9)13-17(14,15)10-6-11-12-7-10/h6-9,13H,2-5H2,1H3,(H,11,12). The third-order valence-electron chi connectivity index (χ3n) is 3.10. The van der Waals surface area contributed by atoms with Crippen molar-refractivity contribution in [3.05, 3.63) is 12.4 Å². The van der Waals surface area contributed by atoms with Crippen molar-refractivity contribution in [2.75, 3.05) is 13.2 Å². The summed E-state index contributed by atoms with van der Waals surface area (Å²) in [4.78, 5) is 0.177. The Balaban J connectivity index is 2.00. The third kappa shape index (κ3) is 3.05. The highest BCUT2D eigenvalue weighted by Crippen LogP contribution is 2.20. The van der Waals surface area contributed by atoms with Crippen LogP contribution in [0.5, 0.6) is 0 Å². The van der Waals surface area contributed by atoms with Gasteiger partial charge in [0.05, 0.1) is 6.20 Å². The van der Waals surface area contributed by atoms with Crippen LogP contribution in [-0.4, -0.2) is 37.9 Å². The van der Waals surface area contributed by atoms with Crippen molar-refractivity contribution >= 4 is 10.0 Å². The number of nitrogens with one attached hydrogen (secondary N) is 2. The van der Waals surface area contributed by atoms with E-state index in [0.717, 1.165) is 12.8 Å². The van der Waals surface area contributed by atoms with E-state index in [2.05, 4.69) is 14.9 Å². The number of sulfonamides is 1. The highest BCUT2D eigenvalue weighted by atomic mass is 32.2. The van der Waals surface area contributed by atoms with Gasteiger partial charge < -0.3 is 4.74 Å². The SMILES string of the molecule is CC(NS(=O)(=O)c1cn[nH]c1)C1CCOCC1. The molecule has 0 aliphatic carbocycles. The van der Waals surface area contributed by atoms with Crippen molar-refractivity contribution in [2.24, 2.45) is 5.92 Å². The number of hydrogen-bond acceptors (Lipinski definition) is 4. The number of nitrogens with zero attached hydrogens (tertiary/aromatic N) is 1. The Kier molecular flexibility index (Phi) is 3.80. The van der Waals surface area contributed by atoms with Crippen molar-refractivity contribution in [1.29, 1.82) is 0 Å². The van der Waals surface area contributed by atoms with E-state index in [0.29, 0.717) is 19.1 Å². The fraction of sp³-hybridized carbons (Fsp3) is 0.700. The van der Waals surface area contributed by atoms with E-state index in [4.69, 9.17) is 4.74 Å². The van der Waals surface area contributed by atoms with Crippen molar-refractivity contribution in [2.45, 2.75) is 30.7 Å². The van der Waals surface area contributed by atoms with Gasteiger partial charge in [0.15, 0.2) is 0 Å². The molecule has 6 nitrogen and oxygen atoms in total. The first-order valence-electron chi connectivity index (χ1n) is 5.68. The molecular weight excluding hydrogens is 242 g/mol. The lowest BCUT2D eigenvalue weighted by Gasteiger charge is -2.27. The summed E-state index contributed by atoms with van der Waals surface area (Å²) in [5.74, 6) is 0.338. The lowest BCUT2D eigenvalue weighted by atomic mass is 9.94. The second-order valence-electron chi connectivity index (χ2n) is 4.29. The van der Waals surface area contributed by atoms with Gasteiger partial charge in [0.2, 0.25) is 10.0 Å². The Hall–Kier alpha value is -0.920. The summed E-state index contributed by atoms with van der Waals surface area (Å²) in [6, 6.07) is -0.0844. The van der Waals surface area contributed by atoms with E-state index in [1.807, 2.05) is 6.92 Å². The number of aromatic amines is 1. The molecule has 96 valence electrons. The lowest BCUT2D eigenvalue weighted by molar-refractivity contribution is 0.0585. The topological polar surface area (TPSA) is 84.1 Å². The quantitative estimate of drug-likeness (QED) is 0.825. The maximum atomic E-state index is 11.9. The number of hydrogen-bond donors (Lipinski definition) is 2. The van der Waals surface area contributed by atoms with Crippen LogP contribution in [0.25, 0.3) is 0 Å². The molecule has 0 spiro atoms. The molecule has 2 rings (SSSR count). The summed E-state index contributed by atoms with van der Waals surface area (Å²) in [6.45, 7) is 3.32. The molecule has 0 amide bonds. The number of ether oxygens (including phenoxy) is 1. The van der Waals surface area contributed by atoms with Crippen LogP contribution in [0.1, 0.15) is 19.8 Å². The highest BCUT2D eigenvalue weighted by molar-refractivity contribution is 7.89. The minimum atomic E-state index is -3.45. The zero-order chi connectivity index (χ0) is 12.3. The molecule has 0 bridgehead atoms. The largest absolute Gasteiger partial charge is 0.381 e. The molecule has 2 N–H and O–H groups in total. The summed E-state index contributed by atoms with van der Waals surface area (Å²) in [6.07, 6.45) is 4.47. The van der Waals surface area contributed by atoms with E-state index >= 15 is 0 Å². The van der Waals surface area contributed by atoms with Crippen molar-refractivity contribution < 1.29 is 13.2 Å². The Labute approximate surface area is 101 Å². The van der Waals surface area contributed by atoms with Gasteiger partial charge in [-0.15, -0.1) is 0 Å². The van der Waals surface area contributed by atoms with Gasteiger partial charge in [0.1, 0.15) is 4.90 Å². The molecule has 7 heteroatoms. The molecule has 1 fully saturated rings. The van der Waals surface area contributed by atoms with Gasteiger partial charge in [-0.3, -0.25) is 5.10 Å². The Morgan fingerprint density at radius 2 is 2.24 bits per heavy atom. The first-order chi connectivity index (χ1) is 8.09. The minimum absolute atomic E-state index is 0.0844. The number of H-pyrrole nitrogens is 1. The smallest absolute Gasteiger partial charge is 0.243 e. The molecule has 1 aliphatic heterocycles. The van der Waals surface area contributed by atoms with Crippen molar-refractivity contribution in [3.63, 3.8) is 0 Å². The van der Waals surface area contributed by atoms with Crippen LogP contribution in [0.2, 0.25) is 0 Å². The minimum Gasteiger partial charge on any atom is -0.381 e. The molecular formula is C10H17N3O3S. The van der Waals surface area contributed by atoms with Gasteiger partial charge in [0, 0.05) is 25.5 Å². The summed E-state index contributed by atoms with van der Waals surface area (Å²) in [7, 11) is -3.45. The van der Waals surface area contributed by atoms with Crippen LogP contribution in [0.15, 0.2) is 17.3 Å². The fourth-order valence-electron chi connectivity index (χ4n) is 2.01. The monoisotopic (exact) mass is 259 g/mol. The molecule has 1 unspecified atom stereocenters. The molecule has 1 aromatic heterocycles. The highest BCUT2D eigenvalue weighted by Gasteiger charge is 2.25. The zero-order valence-electron chi connectivity index (χ0n) is 9.72. The van der Waals surface area contributed by atoms with Gasteiger partial charge in [-0.2, -0.15) is 5.10 Å². The number of aromatic nitrogens is 2. The molecule has 0 radical (unpaired) electrons. The lowest BCUT2D eigenvalue weighted by Crippen LogP contribution is -2.40. The third-order valence-corrected chi connectivity index (χ3v) is 4.62. The maximum absolute atomic E-state index is 11.9. The molecule has 0 aromatic carbocycles. The van der Waals surface area contributed by atoms with E-state index in [9.17, 15) is 8.42 Å².